The number of fused-ring (bicyclic) bond motifs is 3. The zero-order valence-corrected chi connectivity index (χ0v) is 29.7. The van der Waals surface area contributed by atoms with Gasteiger partial charge in [0.1, 0.15) is 23.1 Å². The van der Waals surface area contributed by atoms with Gasteiger partial charge in [-0.2, -0.15) is 9.67 Å². The molecule has 1 aliphatic carbocycles. The fourth-order valence-corrected chi connectivity index (χ4v) is 6.65. The highest BCUT2D eigenvalue weighted by molar-refractivity contribution is 6.23. The van der Waals surface area contributed by atoms with Crippen LogP contribution < -0.4 is 24.6 Å². The largest absolute Gasteiger partial charge is 0.497 e. The Morgan fingerprint density at radius 3 is 2.29 bits per heavy atom. The number of nitrogens with zero attached hydrogens (tertiary/aromatic N) is 6. The van der Waals surface area contributed by atoms with Gasteiger partial charge in [0.25, 0.3) is 0 Å². The molecule has 15 heteroatoms. The van der Waals surface area contributed by atoms with Crippen molar-refractivity contribution in [2.45, 2.75) is 76.7 Å². The van der Waals surface area contributed by atoms with Gasteiger partial charge in [0.2, 0.25) is 11.9 Å². The third kappa shape index (κ3) is 5.93. The van der Waals surface area contributed by atoms with Crippen LogP contribution in [0, 0.1) is 0 Å². The number of nitrogens with one attached hydrogen (secondary N) is 1. The molecule has 1 spiro atoms. The maximum atomic E-state index is 14.3. The monoisotopic (exact) mass is 701 g/mol. The maximum absolute atomic E-state index is 14.3. The maximum Gasteiger partial charge on any atom is 0.435 e. The number of methoxy groups -OCH3 is 2. The number of halogens is 1. The van der Waals surface area contributed by atoms with Crippen LogP contribution in [0.4, 0.5) is 37.3 Å². The van der Waals surface area contributed by atoms with E-state index in [1.54, 1.807) is 71.8 Å². The van der Waals surface area contributed by atoms with Crippen molar-refractivity contribution in [1.82, 2.24) is 19.7 Å². The first-order valence-corrected chi connectivity index (χ1v) is 16.6. The van der Waals surface area contributed by atoms with Crippen LogP contribution in [0.2, 0.25) is 0 Å². The van der Waals surface area contributed by atoms with Crippen LogP contribution in [0.1, 0.15) is 65.0 Å². The number of hydrogen-bond acceptors (Lipinski definition) is 12. The van der Waals surface area contributed by atoms with Crippen molar-refractivity contribution < 1.29 is 37.7 Å². The Bertz CT molecular complexity index is 2080. The van der Waals surface area contributed by atoms with Gasteiger partial charge in [-0.1, -0.05) is 6.07 Å². The predicted molar refractivity (Wildman–Crippen MR) is 186 cm³/mol. The fourth-order valence-electron chi connectivity index (χ4n) is 6.65. The van der Waals surface area contributed by atoms with Crippen LogP contribution in [-0.4, -0.2) is 82.5 Å². The van der Waals surface area contributed by atoms with E-state index in [9.17, 15) is 18.8 Å². The van der Waals surface area contributed by atoms with E-state index in [0.29, 0.717) is 46.0 Å². The van der Waals surface area contributed by atoms with Crippen molar-refractivity contribution in [3.8, 4) is 11.5 Å². The zero-order valence-electron chi connectivity index (χ0n) is 29.7. The molecule has 4 heterocycles. The third-order valence-electron chi connectivity index (χ3n) is 9.04. The molecule has 51 heavy (non-hydrogen) atoms. The van der Waals surface area contributed by atoms with Crippen LogP contribution in [0.5, 0.6) is 11.5 Å². The van der Waals surface area contributed by atoms with Crippen LogP contribution in [0.15, 0.2) is 42.6 Å². The molecule has 4 aromatic rings. The Balaban J connectivity index is 1.29. The highest BCUT2D eigenvalue weighted by Gasteiger charge is 2.68. The quantitative estimate of drug-likeness (QED) is 0.243. The van der Waals surface area contributed by atoms with E-state index >= 15 is 0 Å². The number of hydrogen-bond donors (Lipinski definition) is 1. The van der Waals surface area contributed by atoms with Gasteiger partial charge in [-0.25, -0.2) is 23.9 Å². The van der Waals surface area contributed by atoms with Crippen molar-refractivity contribution in [3.05, 3.63) is 53.7 Å². The smallest absolute Gasteiger partial charge is 0.435 e. The lowest BCUT2D eigenvalue weighted by molar-refractivity contribution is -0.120. The second-order valence-electron chi connectivity index (χ2n) is 15.0. The molecule has 7 rings (SSSR count). The summed E-state index contributed by atoms with van der Waals surface area (Å²) in [5.41, 5.74) is -0.395. The fraction of sp³-hybridized carbons (Fsp3) is 0.444. The van der Waals surface area contributed by atoms with E-state index in [0.717, 1.165) is 10.5 Å². The first kappa shape index (κ1) is 34.0. The molecule has 2 aromatic carbocycles. The summed E-state index contributed by atoms with van der Waals surface area (Å²) in [6.45, 7) is 10.9. The lowest BCUT2D eigenvalue weighted by atomic mass is 9.91. The summed E-state index contributed by atoms with van der Waals surface area (Å²) >= 11 is 0. The molecular weight excluding hydrogens is 661 g/mol. The summed E-state index contributed by atoms with van der Waals surface area (Å²) in [5.74, 6) is 1.02. The van der Waals surface area contributed by atoms with E-state index in [-0.39, 0.29) is 36.6 Å². The lowest BCUT2D eigenvalue weighted by Gasteiger charge is -2.34. The topological polar surface area (TPSA) is 150 Å². The Kier molecular flexibility index (Phi) is 7.87. The summed E-state index contributed by atoms with van der Waals surface area (Å²) in [4.78, 5) is 52.9. The van der Waals surface area contributed by atoms with Crippen molar-refractivity contribution >= 4 is 52.3 Å². The number of carbonyl (C=O) groups excluding carboxylic acids is 3. The van der Waals surface area contributed by atoms with E-state index < -0.39 is 35.0 Å². The molecule has 2 amide bonds. The van der Waals surface area contributed by atoms with Crippen LogP contribution in [0.25, 0.3) is 10.9 Å². The van der Waals surface area contributed by atoms with Crippen LogP contribution >= 0.6 is 0 Å². The molecule has 2 aromatic heterocycles. The second-order valence-corrected chi connectivity index (χ2v) is 15.0. The normalized spacial score (nSPS) is 19.9. The molecule has 14 nitrogen and oxygen atoms in total. The number of carbonyl (C=O) groups is 3. The van der Waals surface area contributed by atoms with Gasteiger partial charge in [0.05, 0.1) is 50.1 Å². The zero-order chi connectivity index (χ0) is 36.6. The highest BCUT2D eigenvalue weighted by Crippen LogP contribution is 2.67. The second kappa shape index (κ2) is 11.8. The van der Waals surface area contributed by atoms with Gasteiger partial charge >= 0.3 is 12.2 Å². The Labute approximate surface area is 293 Å². The molecule has 0 radical (unpaired) electrons. The minimum atomic E-state index is -1.05. The van der Waals surface area contributed by atoms with E-state index in [1.165, 1.54) is 18.0 Å². The Morgan fingerprint density at radius 1 is 0.941 bits per heavy atom. The summed E-state index contributed by atoms with van der Waals surface area (Å²) in [6, 6.07) is 10.7. The minimum Gasteiger partial charge on any atom is -0.497 e. The molecule has 1 N–H and O–H groups in total. The minimum absolute atomic E-state index is 0.183. The number of anilines is 4. The standard InChI is InChI=1S/C36H40FN7O7/c1-34(2,3)50-32(46)43-25-12-10-21(48-7)14-23(25)36(30(43)45)15-24(36)19-9-11-22-26(13-19)44(33(47)51-35(4,5)6)41-28(22)39-29-27(49-8)16-38-31(40-29)42-17-20(37)18-42/h9-14,16,20,24H,15,17-18H2,1-8H3,(H,38,39,40,41)/t24-,36-/m0/s1. The first-order valence-electron chi connectivity index (χ1n) is 16.6. The molecule has 0 unspecified atom stereocenters. The summed E-state index contributed by atoms with van der Waals surface area (Å²) in [7, 11) is 3.02. The van der Waals surface area contributed by atoms with Gasteiger partial charge in [-0.3, -0.25) is 4.79 Å². The molecule has 2 atom stereocenters. The molecule has 2 fully saturated rings. The van der Waals surface area contributed by atoms with Gasteiger partial charge in [-0.05, 0) is 89.4 Å². The molecule has 1 saturated heterocycles. The SMILES string of the molecule is COc1ccc2c(c1)[C@]1(C[C@H]1c1ccc3c(Nc4nc(N5CC(F)C5)ncc4OC)nn(C(=O)OC(C)(C)C)c3c1)C(=O)N2C(=O)OC(C)(C)C. The summed E-state index contributed by atoms with van der Waals surface area (Å²) in [6.07, 6.45) is -0.510. The van der Waals surface area contributed by atoms with Gasteiger partial charge in [-0.15, -0.1) is 5.10 Å². The van der Waals surface area contributed by atoms with Gasteiger partial charge in [0, 0.05) is 11.3 Å². The number of rotatable bonds is 6. The molecule has 2 aliphatic heterocycles. The summed E-state index contributed by atoms with van der Waals surface area (Å²) < 4.78 is 37.1. The van der Waals surface area contributed by atoms with Crippen molar-refractivity contribution in [2.75, 3.05) is 42.4 Å². The summed E-state index contributed by atoms with van der Waals surface area (Å²) in [5, 5.41) is 8.35. The predicted octanol–water partition coefficient (Wildman–Crippen LogP) is 6.24. The Hall–Kier alpha value is -5.47. The first-order chi connectivity index (χ1) is 24.0. The van der Waals surface area contributed by atoms with Crippen LogP contribution in [0.3, 0.4) is 0 Å². The Morgan fingerprint density at radius 2 is 1.65 bits per heavy atom. The number of aromatic nitrogens is 4. The van der Waals surface area contributed by atoms with Gasteiger partial charge in [0.15, 0.2) is 17.4 Å². The molecule has 1 saturated carbocycles. The molecular formula is C36H40FN7O7. The number of imide groups is 1. The number of amides is 2. The number of benzene rings is 2. The lowest BCUT2D eigenvalue weighted by Crippen LogP contribution is -2.49. The highest BCUT2D eigenvalue weighted by atomic mass is 19.1. The van der Waals surface area contributed by atoms with E-state index in [1.807, 2.05) is 18.2 Å². The van der Waals surface area contributed by atoms with E-state index in [2.05, 4.69) is 20.4 Å². The van der Waals surface area contributed by atoms with Crippen molar-refractivity contribution in [2.24, 2.45) is 0 Å². The third-order valence-corrected chi connectivity index (χ3v) is 9.04. The molecule has 3 aliphatic rings. The number of ether oxygens (including phenoxy) is 4. The number of alkyl halides is 1. The average Bonchev–Trinajstić information content (AvgIpc) is 3.63. The molecule has 268 valence electrons. The van der Waals surface area contributed by atoms with Crippen molar-refractivity contribution in [3.63, 3.8) is 0 Å². The molecule has 0 bridgehead atoms. The van der Waals surface area contributed by atoms with Gasteiger partial charge < -0.3 is 29.2 Å². The average molecular weight is 702 g/mol. The van der Waals surface area contributed by atoms with Crippen molar-refractivity contribution in [1.29, 1.82) is 0 Å². The van der Waals surface area contributed by atoms with E-state index in [4.69, 9.17) is 18.9 Å². The van der Waals surface area contributed by atoms with Crippen LogP contribution in [-0.2, 0) is 19.7 Å².